The number of nitrogens with one attached hydrogen (secondary N) is 1. The SMILES string of the molecule is C[C@@H]1CN(c2ccc(C#N)c3ncccc23)C[C@H](CN2CC(n3cc4c(n3)[C@H](C)NCC4)C2)O1. The smallest absolute Gasteiger partial charge is 0.101 e. The summed E-state index contributed by atoms with van der Waals surface area (Å²) in [5.41, 5.74) is 5.14. The summed E-state index contributed by atoms with van der Waals surface area (Å²) in [6.45, 7) is 9.99. The summed E-state index contributed by atoms with van der Waals surface area (Å²) in [7, 11) is 0. The van der Waals surface area contributed by atoms with Crippen LogP contribution in [0, 0.1) is 11.3 Å². The van der Waals surface area contributed by atoms with Crippen LogP contribution in [0.15, 0.2) is 36.7 Å². The van der Waals surface area contributed by atoms with Gasteiger partial charge in [0.05, 0.1) is 35.0 Å². The first-order chi connectivity index (χ1) is 16.6. The van der Waals surface area contributed by atoms with E-state index in [1.165, 1.54) is 11.3 Å². The van der Waals surface area contributed by atoms with E-state index in [2.05, 4.69) is 63.0 Å². The first kappa shape index (κ1) is 21.5. The summed E-state index contributed by atoms with van der Waals surface area (Å²) >= 11 is 0. The van der Waals surface area contributed by atoms with Gasteiger partial charge in [0, 0.05) is 62.2 Å². The number of aromatic nitrogens is 3. The minimum absolute atomic E-state index is 0.141. The van der Waals surface area contributed by atoms with Crippen molar-refractivity contribution >= 4 is 16.6 Å². The van der Waals surface area contributed by atoms with Gasteiger partial charge >= 0.3 is 0 Å². The minimum Gasteiger partial charge on any atom is -0.370 e. The molecular formula is C26H31N7O. The number of hydrogen-bond donors (Lipinski definition) is 1. The second kappa shape index (κ2) is 8.66. The number of ether oxygens (including phenoxy) is 1. The molecule has 6 rings (SSSR count). The molecule has 3 aliphatic rings. The molecule has 3 aromatic rings. The Morgan fingerprint density at radius 1 is 1.18 bits per heavy atom. The molecule has 8 heteroatoms. The third kappa shape index (κ3) is 3.84. The zero-order valence-electron chi connectivity index (χ0n) is 19.8. The van der Waals surface area contributed by atoms with Crippen LogP contribution in [0.1, 0.15) is 42.8 Å². The predicted molar refractivity (Wildman–Crippen MR) is 131 cm³/mol. The molecule has 176 valence electrons. The number of nitrogens with zero attached hydrogens (tertiary/aromatic N) is 6. The molecule has 1 N–H and O–H groups in total. The van der Waals surface area contributed by atoms with Gasteiger partial charge in [0.1, 0.15) is 6.07 Å². The van der Waals surface area contributed by atoms with Crippen molar-refractivity contribution < 1.29 is 4.74 Å². The van der Waals surface area contributed by atoms with E-state index < -0.39 is 0 Å². The molecule has 3 atom stereocenters. The third-order valence-electron chi connectivity index (χ3n) is 7.40. The van der Waals surface area contributed by atoms with Crippen LogP contribution in [0.3, 0.4) is 0 Å². The summed E-state index contributed by atoms with van der Waals surface area (Å²) in [6, 6.07) is 11.0. The van der Waals surface area contributed by atoms with Gasteiger partial charge in [-0.3, -0.25) is 14.6 Å². The highest BCUT2D eigenvalue weighted by atomic mass is 16.5. The number of pyridine rings is 1. The fourth-order valence-corrected chi connectivity index (χ4v) is 5.72. The monoisotopic (exact) mass is 457 g/mol. The average molecular weight is 458 g/mol. The van der Waals surface area contributed by atoms with Crippen molar-refractivity contribution in [3.63, 3.8) is 0 Å². The van der Waals surface area contributed by atoms with Gasteiger partial charge in [0.2, 0.25) is 0 Å². The second-order valence-corrected chi connectivity index (χ2v) is 9.94. The van der Waals surface area contributed by atoms with Gasteiger partial charge in [0.25, 0.3) is 0 Å². The van der Waals surface area contributed by atoms with Crippen molar-refractivity contribution in [2.45, 2.75) is 44.6 Å². The molecule has 3 aliphatic heterocycles. The van der Waals surface area contributed by atoms with Crippen molar-refractivity contribution in [1.29, 1.82) is 5.26 Å². The molecule has 0 amide bonds. The average Bonchev–Trinajstić information content (AvgIpc) is 3.25. The zero-order chi connectivity index (χ0) is 23.2. The summed E-state index contributed by atoms with van der Waals surface area (Å²) < 4.78 is 8.53. The Bertz CT molecular complexity index is 1240. The highest BCUT2D eigenvalue weighted by Gasteiger charge is 2.35. The van der Waals surface area contributed by atoms with E-state index in [0.717, 1.165) is 62.3 Å². The van der Waals surface area contributed by atoms with E-state index in [1.54, 1.807) is 6.20 Å². The maximum absolute atomic E-state index is 9.48. The van der Waals surface area contributed by atoms with Crippen LogP contribution in [-0.2, 0) is 11.2 Å². The first-order valence-electron chi connectivity index (χ1n) is 12.3. The summed E-state index contributed by atoms with van der Waals surface area (Å²) in [6.07, 6.45) is 5.37. The minimum atomic E-state index is 0.141. The Balaban J connectivity index is 1.13. The van der Waals surface area contributed by atoms with E-state index in [9.17, 15) is 5.26 Å². The Hall–Kier alpha value is -2.99. The number of anilines is 1. The van der Waals surface area contributed by atoms with Gasteiger partial charge in [-0.25, -0.2) is 0 Å². The van der Waals surface area contributed by atoms with Gasteiger partial charge in [-0.05, 0) is 56.6 Å². The van der Waals surface area contributed by atoms with Crippen LogP contribution >= 0.6 is 0 Å². The fourth-order valence-electron chi connectivity index (χ4n) is 5.72. The number of hydrogen-bond acceptors (Lipinski definition) is 7. The van der Waals surface area contributed by atoms with Crippen LogP contribution < -0.4 is 10.2 Å². The number of rotatable bonds is 4. The molecule has 0 unspecified atom stereocenters. The van der Waals surface area contributed by atoms with Crippen LogP contribution in [0.4, 0.5) is 5.69 Å². The highest BCUT2D eigenvalue weighted by Crippen LogP contribution is 2.31. The molecule has 1 aromatic carbocycles. The normalized spacial score (nSPS) is 25.7. The van der Waals surface area contributed by atoms with Crippen molar-refractivity contribution in [2.24, 2.45) is 0 Å². The van der Waals surface area contributed by atoms with Crippen LogP contribution in [0.5, 0.6) is 0 Å². The molecule has 2 saturated heterocycles. The lowest BCUT2D eigenvalue weighted by molar-refractivity contribution is -0.0489. The molecule has 2 fully saturated rings. The van der Waals surface area contributed by atoms with E-state index >= 15 is 0 Å². The molecule has 0 saturated carbocycles. The number of morpholine rings is 1. The Morgan fingerprint density at radius 2 is 2.06 bits per heavy atom. The van der Waals surface area contributed by atoms with E-state index in [1.807, 2.05) is 12.1 Å². The molecule has 2 aromatic heterocycles. The third-order valence-corrected chi connectivity index (χ3v) is 7.40. The maximum Gasteiger partial charge on any atom is 0.101 e. The van der Waals surface area contributed by atoms with Gasteiger partial charge in [-0.15, -0.1) is 0 Å². The van der Waals surface area contributed by atoms with Crippen molar-refractivity contribution in [1.82, 2.24) is 25.0 Å². The molecule has 34 heavy (non-hydrogen) atoms. The van der Waals surface area contributed by atoms with Crippen LogP contribution in [0.2, 0.25) is 0 Å². The van der Waals surface area contributed by atoms with E-state index in [4.69, 9.17) is 9.84 Å². The first-order valence-corrected chi connectivity index (χ1v) is 12.3. The highest BCUT2D eigenvalue weighted by molar-refractivity contribution is 5.95. The summed E-state index contributed by atoms with van der Waals surface area (Å²) in [4.78, 5) is 9.36. The Labute approximate surface area is 200 Å². The number of likely N-dealkylation sites (tertiary alicyclic amines) is 1. The fraction of sp³-hybridized carbons (Fsp3) is 0.500. The van der Waals surface area contributed by atoms with Crippen molar-refractivity contribution in [2.75, 3.05) is 44.2 Å². The van der Waals surface area contributed by atoms with Crippen LogP contribution in [-0.4, -0.2) is 71.1 Å². The molecule has 8 nitrogen and oxygen atoms in total. The molecular weight excluding hydrogens is 426 g/mol. The predicted octanol–water partition coefficient (Wildman–Crippen LogP) is 2.66. The number of nitriles is 1. The van der Waals surface area contributed by atoms with Crippen molar-refractivity contribution in [3.05, 3.63) is 53.5 Å². The molecule has 0 radical (unpaired) electrons. The lowest BCUT2D eigenvalue weighted by atomic mass is 10.0. The zero-order valence-corrected chi connectivity index (χ0v) is 19.8. The molecule has 5 heterocycles. The van der Waals surface area contributed by atoms with Crippen LogP contribution in [0.25, 0.3) is 10.9 Å². The summed E-state index contributed by atoms with van der Waals surface area (Å²) in [5, 5.41) is 18.9. The Kier molecular flexibility index (Phi) is 5.48. The van der Waals surface area contributed by atoms with Gasteiger partial charge in [0.15, 0.2) is 0 Å². The van der Waals surface area contributed by atoms with E-state index in [0.29, 0.717) is 17.6 Å². The van der Waals surface area contributed by atoms with E-state index in [-0.39, 0.29) is 12.2 Å². The molecule has 0 spiro atoms. The quantitative estimate of drug-likeness (QED) is 0.645. The lowest BCUT2D eigenvalue weighted by Crippen LogP contribution is -2.56. The standard InChI is InChI=1S/C26H31N7O/c1-17-11-32(24-6-5-19(10-27)26-23(24)4-3-8-29-26)16-22(34-17)15-31-13-21(14-31)33-12-20-7-9-28-18(2)25(20)30-33/h3-6,8,12,17-18,21-22,28H,7,9,11,13-16H2,1-2H3/t17-,18+,22+/m1/s1. The van der Waals surface area contributed by atoms with Gasteiger partial charge in [-0.2, -0.15) is 10.4 Å². The molecule has 0 bridgehead atoms. The number of fused-ring (bicyclic) bond motifs is 2. The largest absolute Gasteiger partial charge is 0.370 e. The molecule has 0 aliphatic carbocycles. The van der Waals surface area contributed by atoms with Gasteiger partial charge in [-0.1, -0.05) is 0 Å². The lowest BCUT2D eigenvalue weighted by Gasteiger charge is -2.44. The number of benzene rings is 1. The maximum atomic E-state index is 9.48. The van der Waals surface area contributed by atoms with Crippen molar-refractivity contribution in [3.8, 4) is 6.07 Å². The Morgan fingerprint density at radius 3 is 2.88 bits per heavy atom. The second-order valence-electron chi connectivity index (χ2n) is 9.94. The van der Waals surface area contributed by atoms with Gasteiger partial charge < -0.3 is 15.0 Å². The summed E-state index contributed by atoms with van der Waals surface area (Å²) in [5.74, 6) is 0. The topological polar surface area (TPSA) is 82.2 Å².